The molecule has 1 atom stereocenters. The number of benzene rings is 2. The van der Waals surface area contributed by atoms with Crippen LogP contribution in [0.1, 0.15) is 17.2 Å². The number of anilines is 1. The molecule has 2 aromatic rings. The molecule has 1 aliphatic heterocycles. The molecule has 0 aliphatic carbocycles. The van der Waals surface area contributed by atoms with Crippen molar-refractivity contribution in [3.63, 3.8) is 0 Å². The normalized spacial score (nSPS) is 16.4. The number of hydrogen-bond donors (Lipinski definition) is 2. The SMILES string of the molecule is NC(=S)c1ccc(NC2COc3ccccc32)c(Br)c1. The average molecular weight is 349 g/mol. The summed E-state index contributed by atoms with van der Waals surface area (Å²) in [5.74, 6) is 0.945. The summed E-state index contributed by atoms with van der Waals surface area (Å²) >= 11 is 8.52. The highest BCUT2D eigenvalue weighted by Crippen LogP contribution is 2.35. The van der Waals surface area contributed by atoms with E-state index < -0.39 is 0 Å². The lowest BCUT2D eigenvalue weighted by molar-refractivity contribution is 0.340. The van der Waals surface area contributed by atoms with Crippen LogP contribution >= 0.6 is 28.1 Å². The van der Waals surface area contributed by atoms with E-state index in [2.05, 4.69) is 27.3 Å². The molecule has 3 nitrogen and oxygen atoms in total. The lowest BCUT2D eigenvalue weighted by Gasteiger charge is -2.15. The van der Waals surface area contributed by atoms with Gasteiger partial charge in [-0.05, 0) is 40.2 Å². The van der Waals surface area contributed by atoms with Gasteiger partial charge in [0.25, 0.3) is 0 Å². The summed E-state index contributed by atoms with van der Waals surface area (Å²) in [6, 6.07) is 14.0. The van der Waals surface area contributed by atoms with Crippen LogP contribution in [0.4, 0.5) is 5.69 Å². The summed E-state index contributed by atoms with van der Waals surface area (Å²) in [6.07, 6.45) is 0. The van der Waals surface area contributed by atoms with E-state index in [1.165, 1.54) is 5.56 Å². The van der Waals surface area contributed by atoms with E-state index in [0.29, 0.717) is 11.6 Å². The maximum atomic E-state index is 5.67. The number of para-hydroxylation sites is 1. The predicted octanol–water partition coefficient (Wildman–Crippen LogP) is 3.63. The Kier molecular flexibility index (Phi) is 3.63. The van der Waals surface area contributed by atoms with Crippen LogP contribution in [0.15, 0.2) is 46.9 Å². The zero-order chi connectivity index (χ0) is 14.1. The zero-order valence-corrected chi connectivity index (χ0v) is 13.0. The lowest BCUT2D eigenvalue weighted by atomic mass is 10.1. The molecule has 3 N–H and O–H groups in total. The Labute approximate surface area is 131 Å². The number of nitrogens with one attached hydrogen (secondary N) is 1. The molecule has 0 fully saturated rings. The highest BCUT2D eigenvalue weighted by molar-refractivity contribution is 9.10. The molecule has 0 spiro atoms. The maximum absolute atomic E-state index is 5.67. The second-order valence-corrected chi connectivity index (χ2v) is 5.90. The van der Waals surface area contributed by atoms with Gasteiger partial charge in [-0.2, -0.15) is 0 Å². The first-order chi connectivity index (χ1) is 9.65. The van der Waals surface area contributed by atoms with E-state index in [-0.39, 0.29) is 6.04 Å². The molecule has 1 unspecified atom stereocenters. The number of hydrogen-bond acceptors (Lipinski definition) is 3. The van der Waals surface area contributed by atoms with Gasteiger partial charge in [0, 0.05) is 21.3 Å². The topological polar surface area (TPSA) is 47.3 Å². The number of rotatable bonds is 3. The quantitative estimate of drug-likeness (QED) is 0.831. The molecule has 2 aromatic carbocycles. The minimum atomic E-state index is 0.151. The van der Waals surface area contributed by atoms with E-state index in [1.807, 2.05) is 36.4 Å². The molecule has 0 amide bonds. The molecule has 1 aliphatic rings. The number of ether oxygens (including phenoxy) is 1. The molecule has 102 valence electrons. The molecule has 0 saturated carbocycles. The van der Waals surface area contributed by atoms with Crippen molar-refractivity contribution in [1.29, 1.82) is 0 Å². The van der Waals surface area contributed by atoms with Crippen molar-refractivity contribution in [3.05, 3.63) is 58.1 Å². The van der Waals surface area contributed by atoms with Crippen molar-refractivity contribution >= 4 is 38.8 Å². The van der Waals surface area contributed by atoms with Crippen LogP contribution in [0.3, 0.4) is 0 Å². The minimum absolute atomic E-state index is 0.151. The summed E-state index contributed by atoms with van der Waals surface area (Å²) in [4.78, 5) is 0.395. The van der Waals surface area contributed by atoms with Crippen LogP contribution in [0.2, 0.25) is 0 Å². The Hall–Kier alpha value is -1.59. The average Bonchev–Trinajstić information content (AvgIpc) is 2.84. The lowest BCUT2D eigenvalue weighted by Crippen LogP contribution is -2.13. The van der Waals surface area contributed by atoms with Gasteiger partial charge in [-0.3, -0.25) is 0 Å². The Bertz CT molecular complexity index is 675. The van der Waals surface area contributed by atoms with Crippen molar-refractivity contribution < 1.29 is 4.74 Å². The fourth-order valence-corrected chi connectivity index (χ4v) is 2.88. The Balaban J connectivity index is 1.84. The number of nitrogens with two attached hydrogens (primary N) is 1. The third-order valence-electron chi connectivity index (χ3n) is 3.28. The molecule has 0 bridgehead atoms. The Morgan fingerprint density at radius 3 is 2.85 bits per heavy atom. The predicted molar refractivity (Wildman–Crippen MR) is 88.3 cm³/mol. The Morgan fingerprint density at radius 1 is 1.30 bits per heavy atom. The van der Waals surface area contributed by atoms with Gasteiger partial charge in [0.15, 0.2) is 0 Å². The zero-order valence-electron chi connectivity index (χ0n) is 10.6. The monoisotopic (exact) mass is 348 g/mol. The summed E-state index contributed by atoms with van der Waals surface area (Å²) in [5, 5.41) is 3.48. The largest absolute Gasteiger partial charge is 0.491 e. The summed E-state index contributed by atoms with van der Waals surface area (Å²) < 4.78 is 6.60. The maximum Gasteiger partial charge on any atom is 0.124 e. The molecule has 5 heteroatoms. The molecule has 0 aromatic heterocycles. The fraction of sp³-hybridized carbons (Fsp3) is 0.133. The van der Waals surface area contributed by atoms with Crippen LogP contribution in [-0.4, -0.2) is 11.6 Å². The number of halogens is 1. The highest BCUT2D eigenvalue weighted by atomic mass is 79.9. The van der Waals surface area contributed by atoms with E-state index >= 15 is 0 Å². The Morgan fingerprint density at radius 2 is 2.10 bits per heavy atom. The van der Waals surface area contributed by atoms with E-state index in [9.17, 15) is 0 Å². The van der Waals surface area contributed by atoms with Crippen molar-refractivity contribution in [1.82, 2.24) is 0 Å². The number of fused-ring (bicyclic) bond motifs is 1. The van der Waals surface area contributed by atoms with E-state index in [4.69, 9.17) is 22.7 Å². The molecular formula is C15H13BrN2OS. The number of thiocarbonyl (C=S) groups is 1. The van der Waals surface area contributed by atoms with E-state index in [0.717, 1.165) is 21.5 Å². The molecule has 0 radical (unpaired) electrons. The van der Waals surface area contributed by atoms with Gasteiger partial charge in [0.2, 0.25) is 0 Å². The van der Waals surface area contributed by atoms with Gasteiger partial charge in [-0.15, -0.1) is 0 Å². The second-order valence-electron chi connectivity index (χ2n) is 4.60. The van der Waals surface area contributed by atoms with Gasteiger partial charge in [-0.25, -0.2) is 0 Å². The summed E-state index contributed by atoms with van der Waals surface area (Å²) in [6.45, 7) is 0.628. The molecule has 20 heavy (non-hydrogen) atoms. The molecule has 3 rings (SSSR count). The minimum Gasteiger partial charge on any atom is -0.491 e. The first kappa shape index (κ1) is 13.4. The van der Waals surface area contributed by atoms with E-state index in [1.54, 1.807) is 0 Å². The summed E-state index contributed by atoms with van der Waals surface area (Å²) in [7, 11) is 0. The molecule has 1 heterocycles. The second kappa shape index (κ2) is 5.42. The van der Waals surface area contributed by atoms with Crippen molar-refractivity contribution in [2.45, 2.75) is 6.04 Å². The first-order valence-electron chi connectivity index (χ1n) is 6.23. The van der Waals surface area contributed by atoms with Crippen LogP contribution < -0.4 is 15.8 Å². The van der Waals surface area contributed by atoms with Crippen LogP contribution in [0.25, 0.3) is 0 Å². The van der Waals surface area contributed by atoms with Gasteiger partial charge in [0.1, 0.15) is 17.3 Å². The van der Waals surface area contributed by atoms with Crippen molar-refractivity contribution in [3.8, 4) is 5.75 Å². The fourth-order valence-electron chi connectivity index (χ4n) is 2.26. The van der Waals surface area contributed by atoms with Gasteiger partial charge < -0.3 is 15.8 Å². The highest BCUT2D eigenvalue weighted by Gasteiger charge is 2.23. The van der Waals surface area contributed by atoms with Gasteiger partial charge in [0.05, 0.1) is 6.04 Å². The third kappa shape index (κ3) is 2.51. The molecule has 0 saturated heterocycles. The standard InChI is InChI=1S/C15H13BrN2OS/c16-11-7-9(15(17)20)5-6-12(11)18-13-8-19-14-4-2-1-3-10(13)14/h1-7,13,18H,8H2,(H2,17,20). The van der Waals surface area contributed by atoms with Crippen LogP contribution in [0.5, 0.6) is 5.75 Å². The summed E-state index contributed by atoms with van der Waals surface area (Å²) in [5.41, 5.74) is 8.65. The smallest absolute Gasteiger partial charge is 0.124 e. The van der Waals surface area contributed by atoms with Crippen molar-refractivity contribution in [2.24, 2.45) is 5.73 Å². The molecular weight excluding hydrogens is 336 g/mol. The van der Waals surface area contributed by atoms with Crippen LogP contribution in [-0.2, 0) is 0 Å². The third-order valence-corrected chi connectivity index (χ3v) is 4.18. The van der Waals surface area contributed by atoms with Crippen molar-refractivity contribution in [2.75, 3.05) is 11.9 Å². The van der Waals surface area contributed by atoms with Crippen LogP contribution in [0, 0.1) is 0 Å². The van der Waals surface area contributed by atoms with Gasteiger partial charge >= 0.3 is 0 Å². The first-order valence-corrected chi connectivity index (χ1v) is 7.43. The van der Waals surface area contributed by atoms with Gasteiger partial charge in [-0.1, -0.05) is 30.4 Å².